The van der Waals surface area contributed by atoms with Gasteiger partial charge in [0.05, 0.1) is 24.5 Å². The predicted molar refractivity (Wildman–Crippen MR) is 136 cm³/mol. The Morgan fingerprint density at radius 3 is 1.81 bits per heavy atom. The maximum Gasteiger partial charge on any atom is 0.323 e. The van der Waals surface area contributed by atoms with Gasteiger partial charge in [0.1, 0.15) is 6.54 Å². The van der Waals surface area contributed by atoms with E-state index in [4.69, 9.17) is 0 Å². The summed E-state index contributed by atoms with van der Waals surface area (Å²) in [6.45, 7) is 8.41. The molecule has 0 spiro atoms. The minimum atomic E-state index is -0.891. The lowest BCUT2D eigenvalue weighted by Gasteiger charge is -2.32. The Hall–Kier alpha value is -3.50. The fourth-order valence-corrected chi connectivity index (χ4v) is 4.14. The molecule has 0 unspecified atom stereocenters. The van der Waals surface area contributed by atoms with Crippen molar-refractivity contribution in [1.82, 2.24) is 29.6 Å². The zero-order valence-corrected chi connectivity index (χ0v) is 21.1. The molecule has 0 saturated carbocycles. The van der Waals surface area contributed by atoms with Gasteiger partial charge in [0.15, 0.2) is 0 Å². The molecule has 0 aliphatic carbocycles. The van der Waals surface area contributed by atoms with E-state index in [0.29, 0.717) is 52.4 Å². The molecule has 0 bridgehead atoms. The van der Waals surface area contributed by atoms with Crippen molar-refractivity contribution in [2.75, 3.05) is 52.4 Å². The highest BCUT2D eigenvalue weighted by molar-refractivity contribution is 5.69. The number of carboxylic acid groups (broad SMARTS) is 2. The number of aromatic nitrogens is 2. The maximum atomic E-state index is 11.5. The SMILES string of the molecule is Cc1cccc(CN2/C=C\N(CC(=O)O)CCN(Cc3cccc(C)n3)CCN(CC(=O)O)CC2)n1. The summed E-state index contributed by atoms with van der Waals surface area (Å²) < 4.78 is 0. The first-order valence-corrected chi connectivity index (χ1v) is 12.2. The molecule has 36 heavy (non-hydrogen) atoms. The van der Waals surface area contributed by atoms with Gasteiger partial charge in [0.25, 0.3) is 0 Å². The molecule has 0 aromatic carbocycles. The van der Waals surface area contributed by atoms with Crippen LogP contribution in [0.25, 0.3) is 0 Å². The Balaban J connectivity index is 1.81. The zero-order chi connectivity index (χ0) is 25.9. The number of carbonyl (C=O) groups is 2. The van der Waals surface area contributed by atoms with Crippen molar-refractivity contribution in [3.8, 4) is 0 Å². The van der Waals surface area contributed by atoms with Crippen LogP contribution in [0.4, 0.5) is 0 Å². The molecular formula is C26H36N6O4. The quantitative estimate of drug-likeness (QED) is 0.559. The highest BCUT2D eigenvalue weighted by Crippen LogP contribution is 2.09. The molecule has 194 valence electrons. The van der Waals surface area contributed by atoms with Gasteiger partial charge in [-0.15, -0.1) is 0 Å². The van der Waals surface area contributed by atoms with E-state index in [1.807, 2.05) is 67.5 Å². The van der Waals surface area contributed by atoms with Gasteiger partial charge in [-0.05, 0) is 38.1 Å². The molecule has 1 aliphatic rings. The Morgan fingerprint density at radius 1 is 0.694 bits per heavy atom. The molecule has 3 heterocycles. The molecule has 2 aromatic heterocycles. The van der Waals surface area contributed by atoms with Crippen LogP contribution in [-0.4, -0.2) is 104 Å². The van der Waals surface area contributed by atoms with Gasteiger partial charge in [-0.2, -0.15) is 0 Å². The summed E-state index contributed by atoms with van der Waals surface area (Å²) in [5.41, 5.74) is 3.70. The molecule has 10 nitrogen and oxygen atoms in total. The summed E-state index contributed by atoms with van der Waals surface area (Å²) in [4.78, 5) is 40.3. The number of aryl methyl sites for hydroxylation is 2. The molecule has 0 amide bonds. The van der Waals surface area contributed by atoms with E-state index >= 15 is 0 Å². The normalized spacial score (nSPS) is 17.3. The third-order valence-corrected chi connectivity index (χ3v) is 5.97. The number of nitrogens with zero attached hydrogens (tertiary/aromatic N) is 6. The summed E-state index contributed by atoms with van der Waals surface area (Å²) in [5.74, 6) is -1.75. The standard InChI is InChI=1S/C26H36N6O4/c1-21-5-3-7-23(27-21)17-29-9-13-31(19-25(33)34)15-11-30(18-24-8-4-6-22(2)28-24)12-16-32(14-10-29)20-26(35)36/h3-9,13H,10-12,14-20H2,1-2H3,(H,33,34)(H,35,36)/b13-9-. The molecule has 0 fully saturated rings. The van der Waals surface area contributed by atoms with Crippen LogP contribution in [0.1, 0.15) is 22.8 Å². The van der Waals surface area contributed by atoms with Crippen LogP contribution < -0.4 is 0 Å². The predicted octanol–water partition coefficient (Wildman–Crippen LogP) is 1.66. The molecule has 0 radical (unpaired) electrons. The molecule has 2 aromatic rings. The van der Waals surface area contributed by atoms with Crippen LogP contribution in [0.5, 0.6) is 0 Å². The van der Waals surface area contributed by atoms with Gasteiger partial charge in [0.2, 0.25) is 0 Å². The van der Waals surface area contributed by atoms with Gasteiger partial charge < -0.3 is 20.0 Å². The Kier molecular flexibility index (Phi) is 10.2. The largest absolute Gasteiger partial charge is 0.480 e. The summed E-state index contributed by atoms with van der Waals surface area (Å²) in [7, 11) is 0. The number of hydrogen-bond donors (Lipinski definition) is 2. The van der Waals surface area contributed by atoms with Gasteiger partial charge in [0, 0.05) is 69.6 Å². The van der Waals surface area contributed by atoms with Crippen molar-refractivity contribution < 1.29 is 19.8 Å². The van der Waals surface area contributed by atoms with Gasteiger partial charge in [-0.1, -0.05) is 12.1 Å². The first kappa shape index (κ1) is 27.1. The smallest absolute Gasteiger partial charge is 0.323 e. The van der Waals surface area contributed by atoms with E-state index in [-0.39, 0.29) is 13.1 Å². The van der Waals surface area contributed by atoms with Crippen molar-refractivity contribution in [1.29, 1.82) is 0 Å². The molecule has 0 atom stereocenters. The number of aliphatic carboxylic acids is 2. The van der Waals surface area contributed by atoms with Crippen molar-refractivity contribution in [2.24, 2.45) is 0 Å². The molecular weight excluding hydrogens is 460 g/mol. The molecule has 0 saturated heterocycles. The zero-order valence-electron chi connectivity index (χ0n) is 21.1. The lowest BCUT2D eigenvalue weighted by atomic mass is 10.2. The number of hydrogen-bond acceptors (Lipinski definition) is 8. The van der Waals surface area contributed by atoms with E-state index in [0.717, 1.165) is 22.8 Å². The van der Waals surface area contributed by atoms with Crippen LogP contribution in [0.2, 0.25) is 0 Å². The fraction of sp³-hybridized carbons (Fsp3) is 0.462. The van der Waals surface area contributed by atoms with Crippen LogP contribution in [0.15, 0.2) is 48.8 Å². The lowest BCUT2D eigenvalue weighted by molar-refractivity contribution is -0.139. The first-order chi connectivity index (χ1) is 17.3. The Bertz CT molecular complexity index is 1050. The van der Waals surface area contributed by atoms with Crippen LogP contribution in [0.3, 0.4) is 0 Å². The van der Waals surface area contributed by atoms with Crippen LogP contribution in [0, 0.1) is 13.8 Å². The lowest BCUT2D eigenvalue weighted by Crippen LogP contribution is -2.43. The van der Waals surface area contributed by atoms with E-state index in [2.05, 4.69) is 19.8 Å². The first-order valence-electron chi connectivity index (χ1n) is 12.2. The summed E-state index contributed by atoms with van der Waals surface area (Å²) in [6, 6.07) is 11.8. The molecule has 3 rings (SSSR count). The molecule has 2 N–H and O–H groups in total. The van der Waals surface area contributed by atoms with Crippen LogP contribution in [-0.2, 0) is 22.7 Å². The van der Waals surface area contributed by atoms with E-state index in [1.54, 1.807) is 4.90 Å². The second-order valence-corrected chi connectivity index (χ2v) is 9.12. The van der Waals surface area contributed by atoms with Crippen molar-refractivity contribution in [3.63, 3.8) is 0 Å². The average Bonchev–Trinajstić information content (AvgIpc) is 2.80. The summed E-state index contributed by atoms with van der Waals surface area (Å²) in [5, 5.41) is 18.9. The van der Waals surface area contributed by atoms with Gasteiger partial charge in [-0.3, -0.25) is 29.4 Å². The average molecular weight is 497 g/mol. The number of rotatable bonds is 8. The highest BCUT2D eigenvalue weighted by Gasteiger charge is 2.17. The highest BCUT2D eigenvalue weighted by atomic mass is 16.4. The maximum absolute atomic E-state index is 11.5. The topological polar surface area (TPSA) is 113 Å². The van der Waals surface area contributed by atoms with E-state index in [9.17, 15) is 19.8 Å². The Labute approximate surface area is 212 Å². The molecule has 10 heteroatoms. The third-order valence-electron chi connectivity index (χ3n) is 5.97. The number of carboxylic acids is 2. The van der Waals surface area contributed by atoms with Crippen molar-refractivity contribution in [3.05, 3.63) is 71.6 Å². The number of pyridine rings is 2. The van der Waals surface area contributed by atoms with Gasteiger partial charge >= 0.3 is 11.9 Å². The summed E-state index contributed by atoms with van der Waals surface area (Å²) >= 11 is 0. The molecule has 1 aliphatic heterocycles. The second-order valence-electron chi connectivity index (χ2n) is 9.12. The van der Waals surface area contributed by atoms with E-state index in [1.165, 1.54) is 0 Å². The monoisotopic (exact) mass is 496 g/mol. The van der Waals surface area contributed by atoms with Crippen LogP contribution >= 0.6 is 0 Å². The second kappa shape index (κ2) is 13.6. The summed E-state index contributed by atoms with van der Waals surface area (Å²) in [6.07, 6.45) is 3.70. The minimum absolute atomic E-state index is 0.0398. The van der Waals surface area contributed by atoms with E-state index < -0.39 is 11.9 Å². The fourth-order valence-electron chi connectivity index (χ4n) is 4.14. The third kappa shape index (κ3) is 9.63. The minimum Gasteiger partial charge on any atom is -0.480 e. The van der Waals surface area contributed by atoms with Gasteiger partial charge in [-0.25, -0.2) is 0 Å². The Morgan fingerprint density at radius 2 is 1.19 bits per heavy atom. The van der Waals surface area contributed by atoms with Crippen molar-refractivity contribution >= 4 is 11.9 Å². The van der Waals surface area contributed by atoms with Crippen molar-refractivity contribution in [2.45, 2.75) is 26.9 Å².